The van der Waals surface area contributed by atoms with Crippen molar-refractivity contribution in [1.29, 1.82) is 0 Å². The van der Waals surface area contributed by atoms with Gasteiger partial charge in [0.05, 0.1) is 32.4 Å². The number of fused-ring (bicyclic) bond motifs is 1. The summed E-state index contributed by atoms with van der Waals surface area (Å²) in [4.78, 5) is 14.8. The molecule has 3 rings (SSSR count). The van der Waals surface area contributed by atoms with Crippen molar-refractivity contribution in [3.63, 3.8) is 0 Å². The molecule has 0 fully saturated rings. The molecule has 1 heterocycles. The van der Waals surface area contributed by atoms with Gasteiger partial charge in [-0.2, -0.15) is 0 Å². The number of methoxy groups -OCH3 is 2. The molecular formula is C21H26N2O4. The molecule has 144 valence electrons. The van der Waals surface area contributed by atoms with Gasteiger partial charge in [-0.1, -0.05) is 12.1 Å². The van der Waals surface area contributed by atoms with Crippen LogP contribution in [0.4, 0.5) is 0 Å². The van der Waals surface area contributed by atoms with E-state index in [-0.39, 0.29) is 11.9 Å². The number of rotatable bonds is 7. The van der Waals surface area contributed by atoms with Crippen molar-refractivity contribution < 1.29 is 19.0 Å². The first-order valence-corrected chi connectivity index (χ1v) is 8.95. The molecular weight excluding hydrogens is 344 g/mol. The topological polar surface area (TPSA) is 60.0 Å². The van der Waals surface area contributed by atoms with E-state index in [1.165, 1.54) is 5.56 Å². The highest BCUT2D eigenvalue weighted by atomic mass is 16.5. The molecule has 6 nitrogen and oxygen atoms in total. The van der Waals surface area contributed by atoms with E-state index < -0.39 is 0 Å². The van der Waals surface area contributed by atoms with Crippen LogP contribution in [-0.4, -0.2) is 52.3 Å². The number of ether oxygens (including phenoxy) is 3. The lowest BCUT2D eigenvalue weighted by Gasteiger charge is -2.25. The van der Waals surface area contributed by atoms with Crippen molar-refractivity contribution in [2.75, 3.05) is 41.5 Å². The number of hydrogen-bond donors (Lipinski definition) is 1. The standard InChI is InChI=1S/C21H26N2O4/c1-23(2)18(14-5-8-19-15(11-14)9-10-27-19)13-22-21(24)17-7-6-16(25-3)12-20(17)26-4/h5-8,11-12,18H,9-10,13H2,1-4H3,(H,22,24). The normalized spacial score (nSPS) is 13.7. The molecule has 6 heteroatoms. The Labute approximate surface area is 160 Å². The Bertz CT molecular complexity index is 820. The van der Waals surface area contributed by atoms with Gasteiger partial charge in [0.15, 0.2) is 0 Å². The van der Waals surface area contributed by atoms with Crippen LogP contribution in [0.5, 0.6) is 17.2 Å². The summed E-state index contributed by atoms with van der Waals surface area (Å²) in [6.45, 7) is 1.22. The van der Waals surface area contributed by atoms with Crippen LogP contribution in [0, 0.1) is 0 Å². The number of likely N-dealkylation sites (N-methyl/N-ethyl adjacent to an activating group) is 1. The SMILES string of the molecule is COc1ccc(C(=O)NCC(c2ccc3c(c2)CCO3)N(C)C)c(OC)c1. The molecule has 27 heavy (non-hydrogen) atoms. The number of benzene rings is 2. The lowest BCUT2D eigenvalue weighted by Crippen LogP contribution is -2.34. The molecule has 1 atom stereocenters. The molecule has 1 unspecified atom stereocenters. The minimum atomic E-state index is -0.175. The maximum atomic E-state index is 12.7. The Hall–Kier alpha value is -2.73. The number of hydrogen-bond acceptors (Lipinski definition) is 5. The van der Waals surface area contributed by atoms with Crippen molar-refractivity contribution >= 4 is 5.91 Å². The van der Waals surface area contributed by atoms with Crippen LogP contribution in [0.3, 0.4) is 0 Å². The zero-order chi connectivity index (χ0) is 19.4. The molecule has 0 saturated heterocycles. The molecule has 0 spiro atoms. The molecule has 0 bridgehead atoms. The molecule has 0 saturated carbocycles. The van der Waals surface area contributed by atoms with E-state index in [4.69, 9.17) is 14.2 Å². The van der Waals surface area contributed by atoms with Gasteiger partial charge in [0.25, 0.3) is 5.91 Å². The summed E-state index contributed by atoms with van der Waals surface area (Å²) in [7, 11) is 7.14. The summed E-state index contributed by atoms with van der Waals surface area (Å²) in [5.74, 6) is 1.92. The van der Waals surface area contributed by atoms with E-state index in [1.807, 2.05) is 20.2 Å². The van der Waals surface area contributed by atoms with E-state index in [1.54, 1.807) is 32.4 Å². The lowest BCUT2D eigenvalue weighted by molar-refractivity contribution is 0.0939. The highest BCUT2D eigenvalue weighted by Crippen LogP contribution is 2.30. The van der Waals surface area contributed by atoms with Gasteiger partial charge in [-0.3, -0.25) is 4.79 Å². The fourth-order valence-electron chi connectivity index (χ4n) is 3.28. The first-order valence-electron chi connectivity index (χ1n) is 8.95. The third-order valence-corrected chi connectivity index (χ3v) is 4.83. The van der Waals surface area contributed by atoms with Crippen LogP contribution < -0.4 is 19.5 Å². The second kappa shape index (κ2) is 8.31. The number of amides is 1. The van der Waals surface area contributed by atoms with Gasteiger partial charge in [0.1, 0.15) is 17.2 Å². The molecule has 1 aliphatic heterocycles. The molecule has 0 aliphatic carbocycles. The first kappa shape index (κ1) is 19.0. The zero-order valence-electron chi connectivity index (χ0n) is 16.2. The second-order valence-corrected chi connectivity index (χ2v) is 6.72. The third kappa shape index (κ3) is 4.17. The first-order chi connectivity index (χ1) is 13.0. The van der Waals surface area contributed by atoms with Crippen LogP contribution in [0.15, 0.2) is 36.4 Å². The van der Waals surface area contributed by atoms with E-state index >= 15 is 0 Å². The molecule has 0 aromatic heterocycles. The number of carbonyl (C=O) groups is 1. The summed E-state index contributed by atoms with van der Waals surface area (Å²) in [5.41, 5.74) is 2.87. The van der Waals surface area contributed by atoms with Gasteiger partial charge in [0, 0.05) is 19.0 Å². The van der Waals surface area contributed by atoms with Gasteiger partial charge < -0.3 is 24.4 Å². The maximum absolute atomic E-state index is 12.7. The van der Waals surface area contributed by atoms with E-state index in [0.29, 0.717) is 23.6 Å². The second-order valence-electron chi connectivity index (χ2n) is 6.72. The predicted molar refractivity (Wildman–Crippen MR) is 104 cm³/mol. The Morgan fingerprint density at radius 1 is 1.19 bits per heavy atom. The molecule has 2 aromatic rings. The Morgan fingerprint density at radius 2 is 2.00 bits per heavy atom. The van der Waals surface area contributed by atoms with Gasteiger partial charge in [-0.25, -0.2) is 0 Å². The van der Waals surface area contributed by atoms with Crippen molar-refractivity contribution in [2.24, 2.45) is 0 Å². The number of nitrogens with one attached hydrogen (secondary N) is 1. The Balaban J connectivity index is 1.74. The molecule has 2 aromatic carbocycles. The average Bonchev–Trinajstić information content (AvgIpc) is 3.15. The van der Waals surface area contributed by atoms with Gasteiger partial charge in [-0.15, -0.1) is 0 Å². The van der Waals surface area contributed by atoms with Crippen molar-refractivity contribution in [1.82, 2.24) is 10.2 Å². The summed E-state index contributed by atoms with van der Waals surface area (Å²) in [6, 6.07) is 11.5. The van der Waals surface area contributed by atoms with Gasteiger partial charge in [0.2, 0.25) is 0 Å². The molecule has 0 radical (unpaired) electrons. The Kier molecular flexibility index (Phi) is 5.86. The van der Waals surface area contributed by atoms with Gasteiger partial charge >= 0.3 is 0 Å². The van der Waals surface area contributed by atoms with Gasteiger partial charge in [-0.05, 0) is 43.4 Å². The third-order valence-electron chi connectivity index (χ3n) is 4.83. The maximum Gasteiger partial charge on any atom is 0.255 e. The largest absolute Gasteiger partial charge is 0.497 e. The minimum absolute atomic E-state index is 0.0593. The van der Waals surface area contributed by atoms with Crippen LogP contribution in [-0.2, 0) is 6.42 Å². The fraction of sp³-hybridized carbons (Fsp3) is 0.381. The summed E-state index contributed by atoms with van der Waals surface area (Å²) < 4.78 is 16.1. The minimum Gasteiger partial charge on any atom is -0.497 e. The van der Waals surface area contributed by atoms with Crippen LogP contribution in [0.2, 0.25) is 0 Å². The van der Waals surface area contributed by atoms with Crippen LogP contribution in [0.1, 0.15) is 27.5 Å². The van der Waals surface area contributed by atoms with Crippen LogP contribution in [0.25, 0.3) is 0 Å². The summed E-state index contributed by atoms with van der Waals surface area (Å²) in [6.07, 6.45) is 0.929. The lowest BCUT2D eigenvalue weighted by atomic mass is 10.0. The summed E-state index contributed by atoms with van der Waals surface area (Å²) >= 11 is 0. The number of nitrogens with zero attached hydrogens (tertiary/aromatic N) is 1. The van der Waals surface area contributed by atoms with E-state index in [2.05, 4.69) is 22.3 Å². The van der Waals surface area contributed by atoms with E-state index in [9.17, 15) is 4.79 Å². The smallest absolute Gasteiger partial charge is 0.255 e. The quantitative estimate of drug-likeness (QED) is 0.812. The predicted octanol–water partition coefficient (Wildman–Crippen LogP) is 2.67. The molecule has 1 amide bonds. The van der Waals surface area contributed by atoms with Crippen molar-refractivity contribution in [2.45, 2.75) is 12.5 Å². The van der Waals surface area contributed by atoms with E-state index in [0.717, 1.165) is 24.3 Å². The monoisotopic (exact) mass is 370 g/mol. The summed E-state index contributed by atoms with van der Waals surface area (Å²) in [5, 5.41) is 3.03. The molecule has 1 N–H and O–H groups in total. The highest BCUT2D eigenvalue weighted by Gasteiger charge is 2.20. The highest BCUT2D eigenvalue weighted by molar-refractivity contribution is 5.97. The van der Waals surface area contributed by atoms with Crippen molar-refractivity contribution in [3.05, 3.63) is 53.1 Å². The average molecular weight is 370 g/mol. The van der Waals surface area contributed by atoms with Crippen molar-refractivity contribution in [3.8, 4) is 17.2 Å². The Morgan fingerprint density at radius 3 is 2.70 bits per heavy atom. The fourth-order valence-corrected chi connectivity index (χ4v) is 3.28. The number of carbonyl (C=O) groups excluding carboxylic acids is 1. The zero-order valence-corrected chi connectivity index (χ0v) is 16.2. The molecule has 1 aliphatic rings. The van der Waals surface area contributed by atoms with Crippen LogP contribution >= 0.6 is 0 Å².